The predicted octanol–water partition coefficient (Wildman–Crippen LogP) is 3.19. The molecule has 96 valence electrons. The quantitative estimate of drug-likeness (QED) is 0.775. The Balaban J connectivity index is 1.61. The van der Waals surface area contributed by atoms with E-state index in [9.17, 15) is 0 Å². The van der Waals surface area contributed by atoms with E-state index < -0.39 is 0 Å². The number of hydrogen-bond donors (Lipinski definition) is 1. The van der Waals surface area contributed by atoms with Crippen LogP contribution >= 0.6 is 0 Å². The molecule has 0 saturated carbocycles. The topological polar surface area (TPSA) is 51.0 Å². The second kappa shape index (κ2) is 5.10. The number of nitrogens with one attached hydrogen (secondary N) is 1. The van der Waals surface area contributed by atoms with E-state index in [0.29, 0.717) is 11.5 Å². The Hall–Kier alpha value is -2.36. The highest BCUT2D eigenvalue weighted by Gasteiger charge is 2.05. The van der Waals surface area contributed by atoms with Crippen LogP contribution in [0.3, 0.4) is 0 Å². The lowest BCUT2D eigenvalue weighted by molar-refractivity contribution is 0.534. The zero-order valence-electron chi connectivity index (χ0n) is 10.8. The maximum atomic E-state index is 5.61. The lowest BCUT2D eigenvalue weighted by Gasteiger charge is -2.04. The molecule has 1 N–H and O–H groups in total. The van der Waals surface area contributed by atoms with Gasteiger partial charge in [0, 0.05) is 24.8 Å². The fraction of sp³-hybridized carbons (Fsp3) is 0.200. The fourth-order valence-corrected chi connectivity index (χ4v) is 1.91. The van der Waals surface area contributed by atoms with E-state index in [-0.39, 0.29) is 0 Å². The molecule has 0 radical (unpaired) electrons. The number of anilines is 1. The average molecular weight is 253 g/mol. The summed E-state index contributed by atoms with van der Waals surface area (Å²) in [6.45, 7) is 2.87. The number of aryl methyl sites for hydroxylation is 1. The minimum Gasteiger partial charge on any atom is -0.439 e. The number of benzene rings is 1. The largest absolute Gasteiger partial charge is 0.439 e. The van der Waals surface area contributed by atoms with Gasteiger partial charge in [-0.25, -0.2) is 4.98 Å². The molecule has 19 heavy (non-hydrogen) atoms. The molecule has 0 saturated heterocycles. The highest BCUT2D eigenvalue weighted by atomic mass is 16.3. The summed E-state index contributed by atoms with van der Waals surface area (Å²) >= 11 is 0. The van der Waals surface area contributed by atoms with E-state index in [2.05, 4.69) is 46.5 Å². The van der Waals surface area contributed by atoms with Crippen LogP contribution in [0.15, 0.2) is 47.0 Å². The Kier molecular flexibility index (Phi) is 3.14. The smallest absolute Gasteiger partial charge is 0.198 e. The first-order valence-electron chi connectivity index (χ1n) is 6.32. The molecular weight excluding hydrogens is 238 g/mol. The van der Waals surface area contributed by atoms with Gasteiger partial charge in [-0.15, -0.1) is 0 Å². The molecule has 0 unspecified atom stereocenters. The molecule has 4 heteroatoms. The zero-order valence-corrected chi connectivity index (χ0v) is 10.8. The maximum Gasteiger partial charge on any atom is 0.198 e. The van der Waals surface area contributed by atoms with Crippen LogP contribution in [0.2, 0.25) is 0 Å². The molecule has 3 aromatic rings. The van der Waals surface area contributed by atoms with Crippen molar-refractivity contribution in [2.45, 2.75) is 13.3 Å². The first-order chi connectivity index (χ1) is 9.31. The third-order valence-corrected chi connectivity index (χ3v) is 2.93. The van der Waals surface area contributed by atoms with Crippen LogP contribution in [0, 0.1) is 6.92 Å². The Bertz CT molecular complexity index is 640. The second-order valence-electron chi connectivity index (χ2n) is 4.48. The molecule has 0 fully saturated rings. The monoisotopic (exact) mass is 253 g/mol. The van der Waals surface area contributed by atoms with Gasteiger partial charge in [-0.05, 0) is 31.2 Å². The molecule has 0 aliphatic rings. The molecule has 0 aliphatic heterocycles. The SMILES string of the molecule is Cc1ccc(NCCc2nc3ncccc3o2)cc1. The molecule has 0 aliphatic carbocycles. The molecule has 2 aromatic heterocycles. The van der Waals surface area contributed by atoms with Gasteiger partial charge in [0.15, 0.2) is 17.1 Å². The van der Waals surface area contributed by atoms with Crippen LogP contribution in [0.4, 0.5) is 5.69 Å². The third-order valence-electron chi connectivity index (χ3n) is 2.93. The van der Waals surface area contributed by atoms with E-state index in [4.69, 9.17) is 4.42 Å². The van der Waals surface area contributed by atoms with E-state index in [1.165, 1.54) is 5.56 Å². The number of fused-ring (bicyclic) bond motifs is 1. The van der Waals surface area contributed by atoms with Crippen molar-refractivity contribution < 1.29 is 4.42 Å². The molecule has 3 rings (SSSR count). The summed E-state index contributed by atoms with van der Waals surface area (Å²) in [7, 11) is 0. The minimum absolute atomic E-state index is 0.674. The van der Waals surface area contributed by atoms with Crippen LogP contribution in [-0.2, 0) is 6.42 Å². The van der Waals surface area contributed by atoms with Crippen molar-refractivity contribution >= 4 is 16.9 Å². The van der Waals surface area contributed by atoms with Gasteiger partial charge in [0.1, 0.15) is 0 Å². The number of hydrogen-bond acceptors (Lipinski definition) is 4. The Morgan fingerprint density at radius 3 is 2.79 bits per heavy atom. The maximum absolute atomic E-state index is 5.61. The highest BCUT2D eigenvalue weighted by molar-refractivity contribution is 5.66. The summed E-state index contributed by atoms with van der Waals surface area (Å²) in [6, 6.07) is 12.1. The standard InChI is InChI=1S/C15H15N3O/c1-11-4-6-12(7-5-11)16-10-8-14-18-15-13(19-14)3-2-9-17-15/h2-7,9,16H,8,10H2,1H3. The summed E-state index contributed by atoms with van der Waals surface area (Å²) in [5.41, 5.74) is 3.79. The van der Waals surface area contributed by atoms with Crippen LogP contribution in [0.1, 0.15) is 11.5 Å². The zero-order chi connectivity index (χ0) is 13.1. The van der Waals surface area contributed by atoms with Crippen molar-refractivity contribution in [3.8, 4) is 0 Å². The van der Waals surface area contributed by atoms with Crippen molar-refractivity contribution in [2.75, 3.05) is 11.9 Å². The van der Waals surface area contributed by atoms with Crippen molar-refractivity contribution in [1.82, 2.24) is 9.97 Å². The summed E-state index contributed by atoms with van der Waals surface area (Å²) < 4.78 is 5.61. The van der Waals surface area contributed by atoms with Gasteiger partial charge in [0.2, 0.25) is 0 Å². The molecule has 0 bridgehead atoms. The van der Waals surface area contributed by atoms with Crippen LogP contribution in [0.25, 0.3) is 11.2 Å². The molecule has 0 amide bonds. The molecule has 4 nitrogen and oxygen atoms in total. The number of pyridine rings is 1. The van der Waals surface area contributed by atoms with Crippen LogP contribution < -0.4 is 5.32 Å². The molecule has 1 aromatic carbocycles. The Morgan fingerprint density at radius 2 is 2.00 bits per heavy atom. The van der Waals surface area contributed by atoms with Crippen molar-refractivity contribution in [1.29, 1.82) is 0 Å². The normalized spacial score (nSPS) is 10.8. The first kappa shape index (κ1) is 11.7. The first-order valence-corrected chi connectivity index (χ1v) is 6.32. The summed E-state index contributed by atoms with van der Waals surface area (Å²) in [4.78, 5) is 8.49. The summed E-state index contributed by atoms with van der Waals surface area (Å²) in [5.74, 6) is 0.716. The molecule has 0 atom stereocenters. The van der Waals surface area contributed by atoms with Crippen molar-refractivity contribution in [2.24, 2.45) is 0 Å². The second-order valence-corrected chi connectivity index (χ2v) is 4.48. The highest BCUT2D eigenvalue weighted by Crippen LogP contribution is 2.13. The van der Waals surface area contributed by atoms with Gasteiger partial charge in [0.25, 0.3) is 0 Å². The van der Waals surface area contributed by atoms with Crippen LogP contribution in [0.5, 0.6) is 0 Å². The van der Waals surface area contributed by atoms with Gasteiger partial charge in [0.05, 0.1) is 0 Å². The van der Waals surface area contributed by atoms with E-state index in [1.54, 1.807) is 6.20 Å². The number of aromatic nitrogens is 2. The van der Waals surface area contributed by atoms with Gasteiger partial charge in [-0.2, -0.15) is 4.98 Å². The van der Waals surface area contributed by atoms with Crippen LogP contribution in [-0.4, -0.2) is 16.5 Å². The number of rotatable bonds is 4. The van der Waals surface area contributed by atoms with E-state index in [1.807, 2.05) is 12.1 Å². The van der Waals surface area contributed by atoms with Crippen molar-refractivity contribution in [3.05, 3.63) is 54.0 Å². The van der Waals surface area contributed by atoms with Gasteiger partial charge in [-0.3, -0.25) is 0 Å². The van der Waals surface area contributed by atoms with Gasteiger partial charge in [-0.1, -0.05) is 17.7 Å². The third kappa shape index (κ3) is 2.73. The number of oxazole rings is 1. The summed E-state index contributed by atoms with van der Waals surface area (Å²) in [5, 5.41) is 3.34. The Morgan fingerprint density at radius 1 is 1.16 bits per heavy atom. The van der Waals surface area contributed by atoms with E-state index in [0.717, 1.165) is 24.2 Å². The molecular formula is C15H15N3O. The minimum atomic E-state index is 0.674. The predicted molar refractivity (Wildman–Crippen MR) is 75.2 cm³/mol. The Labute approximate surface area is 111 Å². The fourth-order valence-electron chi connectivity index (χ4n) is 1.91. The van der Waals surface area contributed by atoms with Crippen molar-refractivity contribution in [3.63, 3.8) is 0 Å². The molecule has 0 spiro atoms. The van der Waals surface area contributed by atoms with Gasteiger partial charge >= 0.3 is 0 Å². The lowest BCUT2D eigenvalue weighted by Crippen LogP contribution is -2.04. The lowest BCUT2D eigenvalue weighted by atomic mass is 10.2. The average Bonchev–Trinajstić information content (AvgIpc) is 2.83. The summed E-state index contributed by atoms with van der Waals surface area (Å²) in [6.07, 6.45) is 2.46. The number of nitrogens with zero attached hydrogens (tertiary/aromatic N) is 2. The van der Waals surface area contributed by atoms with E-state index >= 15 is 0 Å². The molecule has 2 heterocycles. The van der Waals surface area contributed by atoms with Gasteiger partial charge < -0.3 is 9.73 Å².